The second kappa shape index (κ2) is 7.33. The van der Waals surface area contributed by atoms with Gasteiger partial charge in [-0.05, 0) is 26.2 Å². The number of carbonyl (C=O) groups excluding carboxylic acids is 1. The van der Waals surface area contributed by atoms with E-state index in [9.17, 15) is 9.59 Å². The summed E-state index contributed by atoms with van der Waals surface area (Å²) in [5.41, 5.74) is 0. The van der Waals surface area contributed by atoms with Crippen LogP contribution in [-0.2, 0) is 9.53 Å². The lowest BCUT2D eigenvalue weighted by Crippen LogP contribution is -2.49. The minimum Gasteiger partial charge on any atom is -0.480 e. The number of carboxylic acid groups (broad SMARTS) is 1. The van der Waals surface area contributed by atoms with Crippen LogP contribution in [0.25, 0.3) is 0 Å². The van der Waals surface area contributed by atoms with E-state index in [4.69, 9.17) is 9.84 Å². The Labute approximate surface area is 114 Å². The van der Waals surface area contributed by atoms with Crippen molar-refractivity contribution in [1.82, 2.24) is 9.80 Å². The summed E-state index contributed by atoms with van der Waals surface area (Å²) in [6.45, 7) is 4.81. The first-order valence-corrected chi connectivity index (χ1v) is 6.80. The molecule has 0 aromatic heterocycles. The molecule has 2 amide bonds. The highest BCUT2D eigenvalue weighted by atomic mass is 16.5. The van der Waals surface area contributed by atoms with Crippen molar-refractivity contribution in [3.8, 4) is 0 Å². The highest BCUT2D eigenvalue weighted by Gasteiger charge is 2.27. The summed E-state index contributed by atoms with van der Waals surface area (Å²) in [5, 5.41) is 8.91. The Kier molecular flexibility index (Phi) is 6.08. The maximum Gasteiger partial charge on any atom is 0.323 e. The first kappa shape index (κ1) is 15.8. The van der Waals surface area contributed by atoms with Crippen LogP contribution in [0, 0.1) is 0 Å². The molecule has 110 valence electrons. The number of rotatable bonds is 6. The molecule has 2 unspecified atom stereocenters. The average molecular weight is 272 g/mol. The minimum atomic E-state index is -0.987. The van der Waals surface area contributed by atoms with Gasteiger partial charge in [0.05, 0.1) is 6.10 Å². The van der Waals surface area contributed by atoms with Crippen LogP contribution in [0.3, 0.4) is 0 Å². The van der Waals surface area contributed by atoms with Gasteiger partial charge >= 0.3 is 12.0 Å². The molecule has 6 heteroatoms. The SMILES string of the molecule is CCC(C)N(CC(=O)O)C(=O)N(C)CC1CCCO1. The van der Waals surface area contributed by atoms with Crippen molar-refractivity contribution in [1.29, 1.82) is 0 Å². The van der Waals surface area contributed by atoms with Crippen molar-refractivity contribution in [3.63, 3.8) is 0 Å². The van der Waals surface area contributed by atoms with E-state index in [-0.39, 0.29) is 24.7 Å². The third-order valence-electron chi connectivity index (χ3n) is 3.50. The number of ether oxygens (including phenoxy) is 1. The van der Waals surface area contributed by atoms with Gasteiger partial charge in [0.25, 0.3) is 0 Å². The molecule has 1 heterocycles. The largest absolute Gasteiger partial charge is 0.480 e. The fourth-order valence-electron chi connectivity index (χ4n) is 2.17. The van der Waals surface area contributed by atoms with E-state index in [2.05, 4.69) is 0 Å². The van der Waals surface area contributed by atoms with Gasteiger partial charge in [-0.3, -0.25) is 4.79 Å². The Hall–Kier alpha value is -1.30. The van der Waals surface area contributed by atoms with Gasteiger partial charge in [0.2, 0.25) is 0 Å². The molecule has 0 spiro atoms. The number of likely N-dealkylation sites (N-methyl/N-ethyl adjacent to an activating group) is 1. The van der Waals surface area contributed by atoms with Gasteiger partial charge in [0, 0.05) is 26.2 Å². The molecule has 0 aromatic rings. The van der Waals surface area contributed by atoms with Crippen LogP contribution in [-0.4, -0.2) is 65.8 Å². The van der Waals surface area contributed by atoms with E-state index in [1.54, 1.807) is 11.9 Å². The van der Waals surface area contributed by atoms with E-state index in [0.29, 0.717) is 6.54 Å². The van der Waals surface area contributed by atoms with Crippen LogP contribution in [0.1, 0.15) is 33.1 Å². The number of hydrogen-bond donors (Lipinski definition) is 1. The normalized spacial score (nSPS) is 20.1. The first-order chi connectivity index (χ1) is 8.95. The van der Waals surface area contributed by atoms with Gasteiger partial charge in [-0.15, -0.1) is 0 Å². The lowest BCUT2D eigenvalue weighted by atomic mass is 10.2. The molecule has 0 aliphatic carbocycles. The van der Waals surface area contributed by atoms with Crippen molar-refractivity contribution < 1.29 is 19.4 Å². The molecule has 0 aromatic carbocycles. The van der Waals surface area contributed by atoms with Gasteiger partial charge in [-0.25, -0.2) is 4.79 Å². The molecule has 19 heavy (non-hydrogen) atoms. The Balaban J connectivity index is 2.60. The third-order valence-corrected chi connectivity index (χ3v) is 3.50. The van der Waals surface area contributed by atoms with E-state index in [0.717, 1.165) is 25.9 Å². The molecule has 1 N–H and O–H groups in total. The fourth-order valence-corrected chi connectivity index (χ4v) is 2.17. The van der Waals surface area contributed by atoms with Crippen LogP contribution >= 0.6 is 0 Å². The van der Waals surface area contributed by atoms with Gasteiger partial charge in [-0.2, -0.15) is 0 Å². The predicted molar refractivity (Wildman–Crippen MR) is 71.1 cm³/mol. The topological polar surface area (TPSA) is 70.1 Å². The summed E-state index contributed by atoms with van der Waals surface area (Å²) in [6, 6.07) is -0.331. The maximum atomic E-state index is 12.3. The van der Waals surface area contributed by atoms with Crippen LogP contribution in [0.4, 0.5) is 4.79 Å². The number of aliphatic carboxylic acids is 1. The number of urea groups is 1. The Morgan fingerprint density at radius 1 is 1.47 bits per heavy atom. The van der Waals surface area contributed by atoms with Crippen molar-refractivity contribution >= 4 is 12.0 Å². The van der Waals surface area contributed by atoms with Crippen LogP contribution < -0.4 is 0 Å². The Morgan fingerprint density at radius 2 is 2.16 bits per heavy atom. The van der Waals surface area contributed by atoms with Crippen molar-refractivity contribution in [2.45, 2.75) is 45.3 Å². The minimum absolute atomic E-state index is 0.0811. The van der Waals surface area contributed by atoms with Crippen molar-refractivity contribution in [2.24, 2.45) is 0 Å². The van der Waals surface area contributed by atoms with Gasteiger partial charge < -0.3 is 19.6 Å². The summed E-state index contributed by atoms with van der Waals surface area (Å²) < 4.78 is 5.49. The molecule has 6 nitrogen and oxygen atoms in total. The highest BCUT2D eigenvalue weighted by Crippen LogP contribution is 2.14. The van der Waals surface area contributed by atoms with Crippen LogP contribution in [0.5, 0.6) is 0 Å². The molecule has 2 atom stereocenters. The first-order valence-electron chi connectivity index (χ1n) is 6.80. The standard InChI is InChI=1S/C13H24N2O4/c1-4-10(2)15(9-12(16)17)13(18)14(3)8-11-6-5-7-19-11/h10-11H,4-9H2,1-3H3,(H,16,17). The molecule has 1 aliphatic heterocycles. The van der Waals surface area contributed by atoms with Gasteiger partial charge in [0.1, 0.15) is 6.54 Å². The fraction of sp³-hybridized carbons (Fsp3) is 0.846. The summed E-state index contributed by atoms with van der Waals surface area (Å²) in [6.07, 6.45) is 2.79. The smallest absolute Gasteiger partial charge is 0.323 e. The van der Waals surface area contributed by atoms with Gasteiger partial charge in [0.15, 0.2) is 0 Å². The van der Waals surface area contributed by atoms with Crippen LogP contribution in [0.2, 0.25) is 0 Å². The molecular weight excluding hydrogens is 248 g/mol. The van der Waals surface area contributed by atoms with E-state index in [1.807, 2.05) is 13.8 Å². The molecule has 1 rings (SSSR count). The molecule has 0 radical (unpaired) electrons. The maximum absolute atomic E-state index is 12.3. The van der Waals surface area contributed by atoms with E-state index < -0.39 is 5.97 Å². The zero-order valence-electron chi connectivity index (χ0n) is 12.0. The third kappa shape index (κ3) is 4.70. The number of hydrogen-bond acceptors (Lipinski definition) is 3. The van der Waals surface area contributed by atoms with Crippen molar-refractivity contribution in [2.75, 3.05) is 26.7 Å². The number of carbonyl (C=O) groups is 2. The number of amides is 2. The number of carboxylic acids is 1. The van der Waals surface area contributed by atoms with Crippen molar-refractivity contribution in [3.05, 3.63) is 0 Å². The molecule has 0 saturated carbocycles. The molecular formula is C13H24N2O4. The summed E-state index contributed by atoms with van der Waals surface area (Å²) in [7, 11) is 1.70. The summed E-state index contributed by atoms with van der Waals surface area (Å²) in [4.78, 5) is 26.1. The van der Waals surface area contributed by atoms with E-state index >= 15 is 0 Å². The zero-order chi connectivity index (χ0) is 14.4. The summed E-state index contributed by atoms with van der Waals surface area (Å²) >= 11 is 0. The molecule has 0 bridgehead atoms. The molecule has 1 aliphatic rings. The monoisotopic (exact) mass is 272 g/mol. The van der Waals surface area contributed by atoms with Crippen LogP contribution in [0.15, 0.2) is 0 Å². The highest BCUT2D eigenvalue weighted by molar-refractivity contribution is 5.80. The van der Waals surface area contributed by atoms with Gasteiger partial charge in [-0.1, -0.05) is 6.92 Å². The number of nitrogens with zero attached hydrogens (tertiary/aromatic N) is 2. The second-order valence-electron chi connectivity index (χ2n) is 5.08. The molecule has 1 fully saturated rings. The molecule has 1 saturated heterocycles. The zero-order valence-corrected chi connectivity index (χ0v) is 12.0. The average Bonchev–Trinajstić information content (AvgIpc) is 2.86. The Bertz CT molecular complexity index is 316. The quantitative estimate of drug-likeness (QED) is 0.793. The van der Waals surface area contributed by atoms with E-state index in [1.165, 1.54) is 4.90 Å². The Morgan fingerprint density at radius 3 is 2.63 bits per heavy atom. The lowest BCUT2D eigenvalue weighted by Gasteiger charge is -2.32. The lowest BCUT2D eigenvalue weighted by molar-refractivity contribution is -0.138. The second-order valence-corrected chi connectivity index (χ2v) is 5.08. The predicted octanol–water partition coefficient (Wildman–Crippen LogP) is 1.40. The summed E-state index contributed by atoms with van der Waals surface area (Å²) in [5.74, 6) is -0.987.